The summed E-state index contributed by atoms with van der Waals surface area (Å²) in [4.78, 5) is 0. The maximum Gasteiger partial charge on any atom is 0.488 e. The molecule has 2 rings (SSSR count). The third-order valence-corrected chi connectivity index (χ3v) is 3.01. The van der Waals surface area contributed by atoms with Crippen LogP contribution in [0.5, 0.6) is 0 Å². The highest BCUT2D eigenvalue weighted by Gasteiger charge is 2.27. The van der Waals surface area contributed by atoms with Crippen molar-refractivity contribution in [2.75, 3.05) is 0 Å². The highest BCUT2D eigenvalue weighted by molar-refractivity contribution is 6.59. The van der Waals surface area contributed by atoms with Crippen molar-refractivity contribution in [2.45, 2.75) is 25.7 Å². The minimum Gasteiger partial charge on any atom is -0.423 e. The normalized spacial score (nSPS) is 15.7. The smallest absolute Gasteiger partial charge is 0.423 e. The Kier molecular flexibility index (Phi) is 2.56. The molecule has 2 N–H and O–H groups in total. The molecule has 74 valence electrons. The average molecular weight is 210 g/mol. The lowest BCUT2D eigenvalue weighted by atomic mass is 9.76. The summed E-state index contributed by atoms with van der Waals surface area (Å²) < 4.78 is 0. The first-order chi connectivity index (χ1) is 6.59. The van der Waals surface area contributed by atoms with Crippen LogP contribution in [0, 0.1) is 6.92 Å². The summed E-state index contributed by atoms with van der Waals surface area (Å²) in [6, 6.07) is 3.63. The second kappa shape index (κ2) is 3.57. The maximum atomic E-state index is 9.13. The summed E-state index contributed by atoms with van der Waals surface area (Å²) >= 11 is 6.08. The summed E-state index contributed by atoms with van der Waals surface area (Å²) in [6.45, 7) is 1.83. The van der Waals surface area contributed by atoms with Gasteiger partial charge in [0.25, 0.3) is 0 Å². The summed E-state index contributed by atoms with van der Waals surface area (Å²) in [6.07, 6.45) is 2.31. The van der Waals surface area contributed by atoms with Gasteiger partial charge in [0.15, 0.2) is 0 Å². The lowest BCUT2D eigenvalue weighted by Crippen LogP contribution is -2.32. The Balaban J connectivity index is 2.45. The van der Waals surface area contributed by atoms with E-state index in [2.05, 4.69) is 0 Å². The first-order valence-electron chi connectivity index (χ1n) is 4.75. The van der Waals surface area contributed by atoms with Gasteiger partial charge < -0.3 is 10.0 Å². The SMILES string of the molecule is Cc1cc(Cl)c(C2CC2)cc1B(O)O. The van der Waals surface area contributed by atoms with Gasteiger partial charge in [-0.05, 0) is 48.3 Å². The molecular weight excluding hydrogens is 198 g/mol. The third kappa shape index (κ3) is 1.80. The van der Waals surface area contributed by atoms with Crippen molar-refractivity contribution in [3.63, 3.8) is 0 Å². The molecular formula is C10H12BClO2. The first-order valence-corrected chi connectivity index (χ1v) is 5.13. The van der Waals surface area contributed by atoms with Crippen molar-refractivity contribution in [2.24, 2.45) is 0 Å². The molecule has 1 saturated carbocycles. The zero-order chi connectivity index (χ0) is 10.3. The van der Waals surface area contributed by atoms with Crippen LogP contribution in [-0.4, -0.2) is 17.2 Å². The molecule has 0 radical (unpaired) electrons. The number of benzene rings is 1. The van der Waals surface area contributed by atoms with Gasteiger partial charge in [-0.2, -0.15) is 0 Å². The van der Waals surface area contributed by atoms with Crippen LogP contribution in [0.1, 0.15) is 29.9 Å². The molecule has 0 saturated heterocycles. The van der Waals surface area contributed by atoms with Gasteiger partial charge in [-0.1, -0.05) is 17.7 Å². The molecule has 0 heterocycles. The lowest BCUT2D eigenvalue weighted by molar-refractivity contribution is 0.425. The van der Waals surface area contributed by atoms with Crippen molar-refractivity contribution in [3.8, 4) is 0 Å². The van der Waals surface area contributed by atoms with Crippen LogP contribution in [-0.2, 0) is 0 Å². The fourth-order valence-corrected chi connectivity index (χ4v) is 2.06. The van der Waals surface area contributed by atoms with Crippen molar-refractivity contribution >= 4 is 24.2 Å². The Morgan fingerprint density at radius 3 is 2.50 bits per heavy atom. The van der Waals surface area contributed by atoms with E-state index in [1.165, 1.54) is 0 Å². The molecule has 0 bridgehead atoms. The monoisotopic (exact) mass is 210 g/mol. The van der Waals surface area contributed by atoms with Gasteiger partial charge >= 0.3 is 7.12 Å². The highest BCUT2D eigenvalue weighted by atomic mass is 35.5. The summed E-state index contributed by atoms with van der Waals surface area (Å²) in [5.74, 6) is 0.528. The van der Waals surface area contributed by atoms with E-state index in [9.17, 15) is 0 Å². The molecule has 1 fully saturated rings. The zero-order valence-corrected chi connectivity index (χ0v) is 8.75. The Hall–Kier alpha value is -0.505. The molecule has 0 spiro atoms. The number of aryl methyl sites for hydroxylation is 1. The molecule has 0 aliphatic heterocycles. The maximum absolute atomic E-state index is 9.13. The van der Waals surface area contributed by atoms with E-state index in [0.717, 1.165) is 29.0 Å². The molecule has 14 heavy (non-hydrogen) atoms. The molecule has 1 aromatic rings. The van der Waals surface area contributed by atoms with E-state index in [-0.39, 0.29) is 0 Å². The van der Waals surface area contributed by atoms with Crippen LogP contribution < -0.4 is 5.46 Å². The van der Waals surface area contributed by atoms with E-state index in [4.69, 9.17) is 21.6 Å². The van der Waals surface area contributed by atoms with E-state index < -0.39 is 7.12 Å². The van der Waals surface area contributed by atoms with Crippen LogP contribution in [0.3, 0.4) is 0 Å². The summed E-state index contributed by atoms with van der Waals surface area (Å²) in [7, 11) is -1.40. The van der Waals surface area contributed by atoms with Crippen LogP contribution in [0.2, 0.25) is 5.02 Å². The van der Waals surface area contributed by atoms with Gasteiger partial charge in [0.2, 0.25) is 0 Å². The number of rotatable bonds is 2. The predicted octanol–water partition coefficient (Wildman–Crippen LogP) is 1.21. The number of hydrogen-bond donors (Lipinski definition) is 2. The topological polar surface area (TPSA) is 40.5 Å². The Morgan fingerprint density at radius 2 is 2.00 bits per heavy atom. The first kappa shape index (κ1) is 10.0. The van der Waals surface area contributed by atoms with Crippen LogP contribution in [0.25, 0.3) is 0 Å². The minimum atomic E-state index is -1.40. The van der Waals surface area contributed by atoms with Crippen molar-refractivity contribution in [1.29, 1.82) is 0 Å². The highest BCUT2D eigenvalue weighted by Crippen LogP contribution is 2.42. The molecule has 1 aliphatic carbocycles. The van der Waals surface area contributed by atoms with E-state index in [0.29, 0.717) is 11.4 Å². The largest absolute Gasteiger partial charge is 0.488 e. The second-order valence-corrected chi connectivity index (χ2v) is 4.29. The molecule has 4 heteroatoms. The number of hydrogen-bond acceptors (Lipinski definition) is 2. The van der Waals surface area contributed by atoms with Gasteiger partial charge in [-0.15, -0.1) is 0 Å². The fourth-order valence-electron chi connectivity index (χ4n) is 1.69. The van der Waals surface area contributed by atoms with Crippen LogP contribution >= 0.6 is 11.6 Å². The molecule has 2 nitrogen and oxygen atoms in total. The molecule has 0 amide bonds. The van der Waals surface area contributed by atoms with Crippen molar-refractivity contribution < 1.29 is 10.0 Å². The van der Waals surface area contributed by atoms with Crippen molar-refractivity contribution in [3.05, 3.63) is 28.3 Å². The van der Waals surface area contributed by atoms with Gasteiger partial charge in [-0.25, -0.2) is 0 Å². The second-order valence-electron chi connectivity index (χ2n) is 3.88. The van der Waals surface area contributed by atoms with Crippen molar-refractivity contribution in [1.82, 2.24) is 0 Å². The predicted molar refractivity (Wildman–Crippen MR) is 58.0 cm³/mol. The van der Waals surface area contributed by atoms with Crippen LogP contribution in [0.15, 0.2) is 12.1 Å². The standard InChI is InChI=1S/C10H12BClO2/c1-6-4-10(12)8(7-2-3-7)5-9(6)11(13)14/h4-5,7,13-14H,2-3H2,1H3. The van der Waals surface area contributed by atoms with Crippen LogP contribution in [0.4, 0.5) is 0 Å². The molecule has 1 aliphatic rings. The summed E-state index contributed by atoms with van der Waals surface area (Å²) in [5.41, 5.74) is 2.45. The van der Waals surface area contributed by atoms with E-state index >= 15 is 0 Å². The number of halogens is 1. The van der Waals surface area contributed by atoms with Gasteiger partial charge in [0.05, 0.1) is 0 Å². The molecule has 0 aromatic heterocycles. The molecule has 1 aromatic carbocycles. The Bertz CT molecular complexity index is 338. The molecule has 0 atom stereocenters. The molecule has 0 unspecified atom stereocenters. The van der Waals surface area contributed by atoms with Gasteiger partial charge in [-0.3, -0.25) is 0 Å². The Morgan fingerprint density at radius 1 is 1.36 bits per heavy atom. The van der Waals surface area contributed by atoms with Gasteiger partial charge in [0, 0.05) is 5.02 Å². The fraction of sp³-hybridized carbons (Fsp3) is 0.400. The lowest BCUT2D eigenvalue weighted by Gasteiger charge is -2.09. The minimum absolute atomic E-state index is 0.528. The van der Waals surface area contributed by atoms with Gasteiger partial charge in [0.1, 0.15) is 0 Å². The Labute approximate surface area is 88.7 Å². The zero-order valence-electron chi connectivity index (χ0n) is 8.00. The van der Waals surface area contributed by atoms with E-state index in [1.807, 2.05) is 19.1 Å². The average Bonchev–Trinajstić information content (AvgIpc) is 2.86. The summed E-state index contributed by atoms with van der Waals surface area (Å²) in [5, 5.41) is 19.0. The quantitative estimate of drug-likeness (QED) is 0.720. The van der Waals surface area contributed by atoms with E-state index in [1.54, 1.807) is 0 Å². The third-order valence-electron chi connectivity index (χ3n) is 2.68.